The van der Waals surface area contributed by atoms with E-state index >= 15 is 0 Å². The molecule has 0 bridgehead atoms. The van der Waals surface area contributed by atoms with Crippen molar-refractivity contribution in [2.75, 3.05) is 0 Å². The number of aliphatic imine (C=N–C) groups is 1. The molecule has 1 amide bonds. The van der Waals surface area contributed by atoms with Gasteiger partial charge in [-0.2, -0.15) is 0 Å². The van der Waals surface area contributed by atoms with Gasteiger partial charge in [0.05, 0.1) is 17.7 Å². The predicted molar refractivity (Wildman–Crippen MR) is 140 cm³/mol. The number of ether oxygens (including phenoxy) is 1. The Morgan fingerprint density at radius 2 is 1.60 bits per heavy atom. The molecular weight excluding hydrogens is 622 g/mol. The molecule has 1 saturated heterocycles. The fourth-order valence-electron chi connectivity index (χ4n) is 2.78. The Balaban J connectivity index is 1.51. The smallest absolute Gasteiger partial charge is 0.264 e. The molecule has 3 aromatic carbocycles. The highest BCUT2D eigenvalue weighted by atomic mass is 127. The number of nitrogens with zero attached hydrogens (tertiary/aromatic N) is 1. The number of amidine groups is 1. The topological polar surface area (TPSA) is 50.7 Å². The highest BCUT2D eigenvalue weighted by molar-refractivity contribution is 14.1. The van der Waals surface area contributed by atoms with Crippen molar-refractivity contribution in [1.82, 2.24) is 5.32 Å². The molecule has 1 aliphatic heterocycles. The van der Waals surface area contributed by atoms with E-state index in [1.807, 2.05) is 78.9 Å². The predicted octanol–water partition coefficient (Wildman–Crippen LogP) is 6.37. The van der Waals surface area contributed by atoms with Crippen LogP contribution >= 0.6 is 56.9 Å². The van der Waals surface area contributed by atoms with Crippen LogP contribution in [0.5, 0.6) is 5.75 Å². The second-order valence-electron chi connectivity index (χ2n) is 6.41. The zero-order valence-electron chi connectivity index (χ0n) is 15.6. The fourth-order valence-corrected chi connectivity index (χ4v) is 5.75. The SMILES string of the molecule is O=C1NC(=Nc2ccccc2)S/C1=C\c1cc(I)c(OCc2ccccc2)c(I)c1. The molecule has 0 aliphatic carbocycles. The molecule has 0 atom stereocenters. The number of nitrogens with one attached hydrogen (secondary N) is 1. The number of hydrogen-bond acceptors (Lipinski definition) is 4. The van der Waals surface area contributed by atoms with Crippen LogP contribution in [0.4, 0.5) is 5.69 Å². The van der Waals surface area contributed by atoms with Crippen LogP contribution in [0, 0.1) is 7.14 Å². The first-order valence-corrected chi connectivity index (χ1v) is 12.1. The van der Waals surface area contributed by atoms with Crippen molar-refractivity contribution >= 4 is 79.8 Å². The Morgan fingerprint density at radius 1 is 0.967 bits per heavy atom. The first-order chi connectivity index (χ1) is 14.6. The van der Waals surface area contributed by atoms with Crippen LogP contribution in [0.15, 0.2) is 82.7 Å². The molecule has 0 aromatic heterocycles. The molecule has 1 fully saturated rings. The molecule has 150 valence electrons. The first kappa shape index (κ1) is 21.4. The van der Waals surface area contributed by atoms with Crippen molar-refractivity contribution in [1.29, 1.82) is 0 Å². The molecule has 7 heteroatoms. The summed E-state index contributed by atoms with van der Waals surface area (Å²) in [6, 6.07) is 23.7. The van der Waals surface area contributed by atoms with E-state index in [4.69, 9.17) is 4.74 Å². The summed E-state index contributed by atoms with van der Waals surface area (Å²) >= 11 is 5.90. The van der Waals surface area contributed by atoms with E-state index in [9.17, 15) is 4.79 Å². The van der Waals surface area contributed by atoms with E-state index < -0.39 is 0 Å². The summed E-state index contributed by atoms with van der Waals surface area (Å²) in [5.41, 5.74) is 2.89. The Labute approximate surface area is 206 Å². The van der Waals surface area contributed by atoms with Crippen LogP contribution in [0.1, 0.15) is 11.1 Å². The maximum atomic E-state index is 12.4. The molecule has 4 rings (SSSR count). The van der Waals surface area contributed by atoms with Gasteiger partial charge in [0, 0.05) is 0 Å². The Bertz CT molecular complexity index is 1110. The van der Waals surface area contributed by atoms with Gasteiger partial charge in [0.25, 0.3) is 5.91 Å². The minimum Gasteiger partial charge on any atom is -0.487 e. The summed E-state index contributed by atoms with van der Waals surface area (Å²) in [5, 5.41) is 3.42. The average molecular weight is 638 g/mol. The lowest BCUT2D eigenvalue weighted by molar-refractivity contribution is -0.115. The van der Waals surface area contributed by atoms with Gasteiger partial charge in [-0.1, -0.05) is 48.5 Å². The molecule has 0 spiro atoms. The maximum Gasteiger partial charge on any atom is 0.264 e. The standard InChI is InChI=1S/C23H16I2N2O2S/c24-18-11-16(12-19(25)21(18)29-14-15-7-3-1-4-8-15)13-20-22(28)27-23(30-20)26-17-9-5-2-6-10-17/h1-13H,14H2,(H,26,27,28)/b20-13-. The van der Waals surface area contributed by atoms with Gasteiger partial charge >= 0.3 is 0 Å². The first-order valence-electron chi connectivity index (χ1n) is 9.09. The zero-order valence-corrected chi connectivity index (χ0v) is 20.8. The lowest BCUT2D eigenvalue weighted by Gasteiger charge is -2.11. The maximum absolute atomic E-state index is 12.4. The number of carbonyl (C=O) groups excluding carboxylic acids is 1. The van der Waals surface area contributed by atoms with Crippen LogP contribution in [-0.2, 0) is 11.4 Å². The molecule has 30 heavy (non-hydrogen) atoms. The van der Waals surface area contributed by atoms with Crippen LogP contribution in [0.3, 0.4) is 0 Å². The number of para-hydroxylation sites is 1. The Hall–Kier alpha value is -1.85. The number of carbonyl (C=O) groups is 1. The molecule has 3 aromatic rings. The van der Waals surface area contributed by atoms with E-state index in [1.165, 1.54) is 11.8 Å². The lowest BCUT2D eigenvalue weighted by atomic mass is 10.2. The van der Waals surface area contributed by atoms with Crippen molar-refractivity contribution in [2.45, 2.75) is 6.61 Å². The second-order valence-corrected chi connectivity index (χ2v) is 9.76. The van der Waals surface area contributed by atoms with E-state index in [0.717, 1.165) is 29.7 Å². The molecule has 0 saturated carbocycles. The summed E-state index contributed by atoms with van der Waals surface area (Å²) in [5.74, 6) is 0.723. The molecule has 0 unspecified atom stereocenters. The molecule has 0 radical (unpaired) electrons. The average Bonchev–Trinajstić information content (AvgIpc) is 3.07. The number of amides is 1. The van der Waals surface area contributed by atoms with Crippen molar-refractivity contribution in [3.05, 3.63) is 96.0 Å². The Morgan fingerprint density at radius 3 is 2.27 bits per heavy atom. The highest BCUT2D eigenvalue weighted by Gasteiger charge is 2.24. The van der Waals surface area contributed by atoms with Crippen molar-refractivity contribution in [3.8, 4) is 5.75 Å². The van der Waals surface area contributed by atoms with E-state index in [2.05, 4.69) is 55.5 Å². The normalized spacial score (nSPS) is 16.1. The number of benzene rings is 3. The van der Waals surface area contributed by atoms with Gasteiger partial charge in [0.2, 0.25) is 0 Å². The monoisotopic (exact) mass is 638 g/mol. The summed E-state index contributed by atoms with van der Waals surface area (Å²) in [4.78, 5) is 17.5. The van der Waals surface area contributed by atoms with Crippen LogP contribution in [-0.4, -0.2) is 11.1 Å². The van der Waals surface area contributed by atoms with Crippen molar-refractivity contribution < 1.29 is 9.53 Å². The quantitative estimate of drug-likeness (QED) is 0.262. The summed E-state index contributed by atoms with van der Waals surface area (Å²) in [6.07, 6.45) is 1.89. The highest BCUT2D eigenvalue weighted by Crippen LogP contribution is 2.33. The van der Waals surface area contributed by atoms with Gasteiger partial charge in [-0.05, 0) is 98.4 Å². The second kappa shape index (κ2) is 9.97. The minimum absolute atomic E-state index is 0.135. The summed E-state index contributed by atoms with van der Waals surface area (Å²) < 4.78 is 8.05. The summed E-state index contributed by atoms with van der Waals surface area (Å²) in [7, 11) is 0. The third-order valence-electron chi connectivity index (χ3n) is 4.18. The molecule has 1 aliphatic rings. The van der Waals surface area contributed by atoms with Gasteiger partial charge in [-0.15, -0.1) is 0 Å². The van der Waals surface area contributed by atoms with Crippen LogP contribution < -0.4 is 10.1 Å². The fraction of sp³-hybridized carbons (Fsp3) is 0.0435. The van der Waals surface area contributed by atoms with Gasteiger partial charge in [0.1, 0.15) is 12.4 Å². The van der Waals surface area contributed by atoms with E-state index in [0.29, 0.717) is 16.7 Å². The number of hydrogen-bond donors (Lipinski definition) is 1. The number of halogens is 2. The van der Waals surface area contributed by atoms with E-state index in [1.54, 1.807) is 0 Å². The van der Waals surface area contributed by atoms with Gasteiger partial charge < -0.3 is 10.1 Å². The van der Waals surface area contributed by atoms with E-state index in [-0.39, 0.29) is 5.91 Å². The van der Waals surface area contributed by atoms with Crippen molar-refractivity contribution in [3.63, 3.8) is 0 Å². The minimum atomic E-state index is -0.135. The van der Waals surface area contributed by atoms with Gasteiger partial charge in [-0.3, -0.25) is 4.79 Å². The van der Waals surface area contributed by atoms with Crippen LogP contribution in [0.25, 0.3) is 6.08 Å². The molecule has 1 heterocycles. The number of thioether (sulfide) groups is 1. The third kappa shape index (κ3) is 5.44. The van der Waals surface area contributed by atoms with Crippen LogP contribution in [0.2, 0.25) is 0 Å². The Kier molecular flexibility index (Phi) is 7.11. The zero-order chi connectivity index (χ0) is 20.9. The molecule has 4 nitrogen and oxygen atoms in total. The molecule has 1 N–H and O–H groups in total. The van der Waals surface area contributed by atoms with Gasteiger partial charge in [0.15, 0.2) is 5.17 Å². The largest absolute Gasteiger partial charge is 0.487 e. The third-order valence-corrected chi connectivity index (χ3v) is 6.69. The number of rotatable bonds is 5. The lowest BCUT2D eigenvalue weighted by Crippen LogP contribution is -2.19. The van der Waals surface area contributed by atoms with Crippen molar-refractivity contribution in [2.24, 2.45) is 4.99 Å². The summed E-state index contributed by atoms with van der Waals surface area (Å²) in [6.45, 7) is 0.519. The van der Waals surface area contributed by atoms with Gasteiger partial charge in [-0.25, -0.2) is 4.99 Å². The molecular formula is C23H16I2N2O2S.